The van der Waals surface area contributed by atoms with Crippen LogP contribution in [0.15, 0.2) is 12.1 Å². The number of carbonyl (C=O) groups excluding carboxylic acids is 1. The van der Waals surface area contributed by atoms with E-state index >= 15 is 0 Å². The fourth-order valence-electron chi connectivity index (χ4n) is 5.93. The van der Waals surface area contributed by atoms with Crippen LogP contribution in [-0.2, 0) is 20.7 Å². The molecule has 0 aliphatic carbocycles. The fraction of sp³-hybridized carbons (Fsp3) is 0.741. The molecule has 1 aromatic carbocycles. The van der Waals surface area contributed by atoms with Crippen molar-refractivity contribution in [1.29, 1.82) is 0 Å². The molecule has 0 spiro atoms. The Hall–Kier alpha value is -1.83. The zero-order valence-corrected chi connectivity index (χ0v) is 21.4. The molecule has 3 atom stereocenters. The number of nitrogens with zero attached hydrogens (tertiary/aromatic N) is 2. The molecule has 7 heteroatoms. The Morgan fingerprint density at radius 3 is 2.53 bits per heavy atom. The Balaban J connectivity index is 1.42. The van der Waals surface area contributed by atoms with Crippen LogP contribution in [0.2, 0.25) is 0 Å². The highest BCUT2D eigenvalue weighted by Crippen LogP contribution is 2.45. The zero-order valence-electron chi connectivity index (χ0n) is 21.4. The second kappa shape index (κ2) is 11.7. The van der Waals surface area contributed by atoms with Crippen molar-refractivity contribution in [2.75, 3.05) is 66.8 Å². The summed E-state index contributed by atoms with van der Waals surface area (Å²) in [6.07, 6.45) is 3.66. The summed E-state index contributed by atoms with van der Waals surface area (Å²) < 4.78 is 22.4. The zero-order chi connectivity index (χ0) is 24.1. The monoisotopic (exact) mass is 474 g/mol. The van der Waals surface area contributed by atoms with Crippen molar-refractivity contribution >= 4 is 5.97 Å². The van der Waals surface area contributed by atoms with Gasteiger partial charge < -0.3 is 18.9 Å². The van der Waals surface area contributed by atoms with Crippen LogP contribution >= 0.6 is 0 Å². The van der Waals surface area contributed by atoms with E-state index in [-0.39, 0.29) is 5.97 Å². The van der Waals surface area contributed by atoms with Gasteiger partial charge in [0, 0.05) is 38.8 Å². The van der Waals surface area contributed by atoms with Gasteiger partial charge in [0.05, 0.1) is 40.5 Å². The second-order valence-electron chi connectivity index (χ2n) is 10.4. The largest absolute Gasteiger partial charge is 0.493 e. The lowest BCUT2D eigenvalue weighted by Crippen LogP contribution is -2.47. The lowest BCUT2D eigenvalue weighted by Gasteiger charge is -2.47. The number of ether oxygens (including phenoxy) is 4. The van der Waals surface area contributed by atoms with E-state index in [1.54, 1.807) is 14.2 Å². The summed E-state index contributed by atoms with van der Waals surface area (Å²) in [5.74, 6) is 3.06. The first kappa shape index (κ1) is 25.3. The highest BCUT2D eigenvalue weighted by molar-refractivity contribution is 5.69. The lowest BCUT2D eigenvalue weighted by molar-refractivity contribution is -0.147. The van der Waals surface area contributed by atoms with Crippen molar-refractivity contribution in [3.63, 3.8) is 0 Å². The molecule has 2 fully saturated rings. The average molecular weight is 475 g/mol. The van der Waals surface area contributed by atoms with E-state index < -0.39 is 0 Å². The number of esters is 1. The van der Waals surface area contributed by atoms with Gasteiger partial charge >= 0.3 is 5.97 Å². The minimum atomic E-state index is -0.0762. The first-order chi connectivity index (χ1) is 16.5. The number of piperidine rings is 1. The van der Waals surface area contributed by atoms with Crippen molar-refractivity contribution < 1.29 is 23.7 Å². The minimum absolute atomic E-state index is 0.0762. The number of morpholine rings is 1. The van der Waals surface area contributed by atoms with E-state index in [0.717, 1.165) is 76.7 Å². The molecule has 0 aromatic heterocycles. The van der Waals surface area contributed by atoms with Gasteiger partial charge in [-0.3, -0.25) is 14.6 Å². The predicted octanol–water partition coefficient (Wildman–Crippen LogP) is 3.55. The maximum Gasteiger partial charge on any atom is 0.307 e. The Kier molecular flexibility index (Phi) is 8.72. The number of methoxy groups -OCH3 is 2. The van der Waals surface area contributed by atoms with Gasteiger partial charge in [0.15, 0.2) is 11.5 Å². The van der Waals surface area contributed by atoms with E-state index in [1.807, 2.05) is 0 Å². The van der Waals surface area contributed by atoms with Crippen molar-refractivity contribution in [3.8, 4) is 11.5 Å². The maximum absolute atomic E-state index is 12.6. The van der Waals surface area contributed by atoms with Crippen molar-refractivity contribution in [2.45, 2.75) is 45.6 Å². The summed E-state index contributed by atoms with van der Waals surface area (Å²) in [6, 6.07) is 4.65. The summed E-state index contributed by atoms with van der Waals surface area (Å²) in [4.78, 5) is 17.5. The van der Waals surface area contributed by atoms with E-state index in [1.165, 1.54) is 11.1 Å². The topological polar surface area (TPSA) is 60.5 Å². The third kappa shape index (κ3) is 6.04. The van der Waals surface area contributed by atoms with Crippen molar-refractivity contribution in [1.82, 2.24) is 9.80 Å². The van der Waals surface area contributed by atoms with Crippen LogP contribution in [0.5, 0.6) is 11.5 Å². The van der Waals surface area contributed by atoms with E-state index in [0.29, 0.717) is 36.8 Å². The maximum atomic E-state index is 12.6. The molecule has 2 saturated heterocycles. The molecule has 3 aliphatic rings. The van der Waals surface area contributed by atoms with Crippen molar-refractivity contribution in [3.05, 3.63) is 23.3 Å². The highest BCUT2D eigenvalue weighted by Gasteiger charge is 2.40. The Morgan fingerprint density at radius 1 is 1.09 bits per heavy atom. The van der Waals surface area contributed by atoms with Gasteiger partial charge in [-0.1, -0.05) is 13.8 Å². The summed E-state index contributed by atoms with van der Waals surface area (Å²) in [7, 11) is 3.39. The molecule has 0 N–H and O–H groups in total. The van der Waals surface area contributed by atoms with Gasteiger partial charge in [-0.25, -0.2) is 0 Å². The molecular weight excluding hydrogens is 432 g/mol. The summed E-state index contributed by atoms with van der Waals surface area (Å²) >= 11 is 0. The number of hydrogen-bond donors (Lipinski definition) is 0. The molecule has 1 aromatic rings. The van der Waals surface area contributed by atoms with Gasteiger partial charge in [-0.15, -0.1) is 0 Å². The lowest BCUT2D eigenvalue weighted by atomic mass is 9.74. The number of benzene rings is 1. The highest BCUT2D eigenvalue weighted by atomic mass is 16.5. The summed E-state index contributed by atoms with van der Waals surface area (Å²) in [5.41, 5.74) is 2.69. The quantitative estimate of drug-likeness (QED) is 0.507. The first-order valence-corrected chi connectivity index (χ1v) is 12.9. The predicted molar refractivity (Wildman–Crippen MR) is 131 cm³/mol. The fourth-order valence-corrected chi connectivity index (χ4v) is 5.93. The van der Waals surface area contributed by atoms with E-state index in [9.17, 15) is 4.79 Å². The molecule has 4 rings (SSSR count). The van der Waals surface area contributed by atoms with Crippen LogP contribution in [0.1, 0.15) is 50.3 Å². The van der Waals surface area contributed by atoms with E-state index in [2.05, 4.69) is 35.8 Å². The molecule has 3 heterocycles. The summed E-state index contributed by atoms with van der Waals surface area (Å²) in [6.45, 7) is 11.3. The molecule has 3 aliphatic heterocycles. The first-order valence-electron chi connectivity index (χ1n) is 12.9. The Morgan fingerprint density at radius 2 is 1.82 bits per heavy atom. The molecule has 0 amide bonds. The Labute approximate surface area is 204 Å². The normalized spacial score (nSPS) is 25.5. The van der Waals surface area contributed by atoms with Crippen LogP contribution in [0.4, 0.5) is 0 Å². The molecule has 190 valence electrons. The van der Waals surface area contributed by atoms with Crippen LogP contribution in [-0.4, -0.2) is 82.5 Å². The van der Waals surface area contributed by atoms with Crippen LogP contribution in [0.25, 0.3) is 0 Å². The van der Waals surface area contributed by atoms with Gasteiger partial charge in [0.25, 0.3) is 0 Å². The number of rotatable bonds is 9. The smallest absolute Gasteiger partial charge is 0.307 e. The molecule has 0 saturated carbocycles. The minimum Gasteiger partial charge on any atom is -0.493 e. The van der Waals surface area contributed by atoms with Gasteiger partial charge in [-0.2, -0.15) is 0 Å². The molecule has 7 nitrogen and oxygen atoms in total. The number of hydrogen-bond acceptors (Lipinski definition) is 7. The number of fused-ring (bicyclic) bond motifs is 3. The SMILES string of the molecule is COc1cc2c(cc1OC)C1CC(COC(=O)CCN3CCOCC3)C(CC(C)C)CN1CC2. The average Bonchev–Trinajstić information content (AvgIpc) is 2.85. The van der Waals surface area contributed by atoms with E-state index in [4.69, 9.17) is 18.9 Å². The molecular formula is C27H42N2O5. The van der Waals surface area contributed by atoms with Gasteiger partial charge in [0.2, 0.25) is 0 Å². The third-order valence-electron chi connectivity index (χ3n) is 7.74. The summed E-state index contributed by atoms with van der Waals surface area (Å²) in [5, 5.41) is 0. The Bertz CT molecular complexity index is 823. The van der Waals surface area contributed by atoms with Crippen LogP contribution in [0.3, 0.4) is 0 Å². The van der Waals surface area contributed by atoms with Crippen LogP contribution in [0, 0.1) is 17.8 Å². The molecule has 0 radical (unpaired) electrons. The number of carbonyl (C=O) groups is 1. The van der Waals surface area contributed by atoms with Gasteiger partial charge in [-0.05, 0) is 60.3 Å². The third-order valence-corrected chi connectivity index (χ3v) is 7.74. The van der Waals surface area contributed by atoms with Crippen LogP contribution < -0.4 is 9.47 Å². The van der Waals surface area contributed by atoms with Gasteiger partial charge in [0.1, 0.15) is 0 Å². The standard InChI is InChI=1S/C27H42N2O5/c1-19(2)13-21-17-29-8-5-20-15-25(31-3)26(32-4)16-23(20)24(29)14-22(21)18-34-27(30)6-7-28-9-11-33-12-10-28/h15-16,19,21-22,24H,5-14,17-18H2,1-4H3. The molecule has 34 heavy (non-hydrogen) atoms. The second-order valence-corrected chi connectivity index (χ2v) is 10.4. The molecule has 3 unspecified atom stereocenters. The van der Waals surface area contributed by atoms with Crippen molar-refractivity contribution in [2.24, 2.45) is 17.8 Å². The molecule has 0 bridgehead atoms.